The normalized spacial score (nSPS) is 18.1. The summed E-state index contributed by atoms with van der Waals surface area (Å²) in [6.07, 6.45) is 4.08. The third-order valence-electron chi connectivity index (χ3n) is 3.51. The van der Waals surface area contributed by atoms with E-state index >= 15 is 0 Å². The summed E-state index contributed by atoms with van der Waals surface area (Å²) >= 11 is 6.18. The summed E-state index contributed by atoms with van der Waals surface area (Å²) in [4.78, 5) is 4.22. The van der Waals surface area contributed by atoms with Gasteiger partial charge in [-0.2, -0.15) is 0 Å². The smallest absolute Gasteiger partial charge is 0.138 e. The van der Waals surface area contributed by atoms with Gasteiger partial charge in [-0.05, 0) is 31.0 Å². The Morgan fingerprint density at radius 2 is 2.15 bits per heavy atom. The molecule has 4 heteroatoms. The van der Waals surface area contributed by atoms with E-state index in [0.29, 0.717) is 17.8 Å². The predicted octanol–water partition coefficient (Wildman–Crippen LogP) is 3.53. The molecule has 1 atom stereocenters. The van der Waals surface area contributed by atoms with Crippen molar-refractivity contribution in [2.45, 2.75) is 18.9 Å². The molecule has 20 heavy (non-hydrogen) atoms. The molecule has 1 aliphatic heterocycles. The molecular formula is C16H17ClN2O. The maximum absolute atomic E-state index is 6.18. The first kappa shape index (κ1) is 13.4. The van der Waals surface area contributed by atoms with Crippen LogP contribution in [-0.4, -0.2) is 24.2 Å². The minimum Gasteiger partial charge on any atom is -0.490 e. The number of ether oxygens (including phenoxy) is 1. The fourth-order valence-electron chi connectivity index (χ4n) is 2.42. The topological polar surface area (TPSA) is 34.1 Å². The lowest BCUT2D eigenvalue weighted by atomic mass is 10.1. The Hall–Kier alpha value is -1.58. The lowest BCUT2D eigenvalue weighted by molar-refractivity contribution is 0.276. The minimum absolute atomic E-state index is 0.450. The van der Waals surface area contributed by atoms with Crippen molar-refractivity contribution >= 4 is 11.6 Å². The van der Waals surface area contributed by atoms with Crippen molar-refractivity contribution in [3.63, 3.8) is 0 Å². The molecule has 0 bridgehead atoms. The molecule has 0 aliphatic carbocycles. The third-order valence-corrected chi connectivity index (χ3v) is 3.81. The fourth-order valence-corrected chi connectivity index (χ4v) is 2.64. The van der Waals surface area contributed by atoms with E-state index in [9.17, 15) is 0 Å². The summed E-state index contributed by atoms with van der Waals surface area (Å²) in [5.41, 5.74) is 1.96. The van der Waals surface area contributed by atoms with Crippen molar-refractivity contribution in [2.24, 2.45) is 0 Å². The second-order valence-electron chi connectivity index (χ2n) is 4.98. The van der Waals surface area contributed by atoms with Crippen molar-refractivity contribution in [3.8, 4) is 16.9 Å². The molecule has 1 aromatic heterocycles. The maximum atomic E-state index is 6.18. The second-order valence-corrected chi connectivity index (χ2v) is 5.34. The van der Waals surface area contributed by atoms with Gasteiger partial charge in [0.05, 0.1) is 6.20 Å². The van der Waals surface area contributed by atoms with E-state index in [1.807, 2.05) is 36.4 Å². The summed E-state index contributed by atoms with van der Waals surface area (Å²) in [5.74, 6) is 0.766. The average Bonchev–Trinajstić information content (AvgIpc) is 3.01. The highest BCUT2D eigenvalue weighted by Gasteiger charge is 2.15. The van der Waals surface area contributed by atoms with Crippen molar-refractivity contribution in [1.82, 2.24) is 10.3 Å². The fraction of sp³-hybridized carbons (Fsp3) is 0.312. The summed E-state index contributed by atoms with van der Waals surface area (Å²) in [6.45, 7) is 1.76. The number of rotatable bonds is 4. The van der Waals surface area contributed by atoms with Gasteiger partial charge >= 0.3 is 0 Å². The first-order valence-corrected chi connectivity index (χ1v) is 7.28. The van der Waals surface area contributed by atoms with Gasteiger partial charge in [0.1, 0.15) is 17.5 Å². The van der Waals surface area contributed by atoms with Crippen LogP contribution in [0.1, 0.15) is 12.8 Å². The molecule has 3 nitrogen and oxygen atoms in total. The zero-order chi connectivity index (χ0) is 13.8. The molecular weight excluding hydrogens is 272 g/mol. The number of aromatic nitrogens is 1. The highest BCUT2D eigenvalue weighted by atomic mass is 35.5. The molecule has 2 heterocycles. The molecule has 0 unspecified atom stereocenters. The number of hydrogen-bond acceptors (Lipinski definition) is 3. The van der Waals surface area contributed by atoms with Gasteiger partial charge in [0.25, 0.3) is 0 Å². The van der Waals surface area contributed by atoms with Crippen LogP contribution in [0.25, 0.3) is 11.1 Å². The zero-order valence-corrected chi connectivity index (χ0v) is 11.9. The van der Waals surface area contributed by atoms with E-state index in [4.69, 9.17) is 16.3 Å². The molecule has 0 saturated carbocycles. The van der Waals surface area contributed by atoms with Gasteiger partial charge in [0, 0.05) is 11.6 Å². The van der Waals surface area contributed by atoms with Gasteiger partial charge in [-0.3, -0.25) is 0 Å². The Morgan fingerprint density at radius 3 is 2.90 bits per heavy atom. The van der Waals surface area contributed by atoms with Crippen molar-refractivity contribution in [3.05, 3.63) is 47.7 Å². The van der Waals surface area contributed by atoms with E-state index in [-0.39, 0.29) is 0 Å². The predicted molar refractivity (Wildman–Crippen MR) is 81.2 cm³/mol. The van der Waals surface area contributed by atoms with Crippen LogP contribution >= 0.6 is 11.6 Å². The van der Waals surface area contributed by atoms with Gasteiger partial charge in [0.2, 0.25) is 0 Å². The van der Waals surface area contributed by atoms with Gasteiger partial charge in [-0.1, -0.05) is 41.9 Å². The standard InChI is InChI=1S/C16H17ClN2O/c17-16-15(12-5-2-1-3-6-12)9-14(10-19-16)20-11-13-7-4-8-18-13/h1-3,5-6,9-10,13,18H,4,7-8,11H2/t13-/m0/s1. The molecule has 1 aliphatic rings. The van der Waals surface area contributed by atoms with Gasteiger partial charge in [-0.25, -0.2) is 4.98 Å². The van der Waals surface area contributed by atoms with Crippen LogP contribution in [-0.2, 0) is 0 Å². The first-order chi connectivity index (χ1) is 9.83. The summed E-state index contributed by atoms with van der Waals surface area (Å²) in [7, 11) is 0. The molecule has 1 aromatic carbocycles. The lowest BCUT2D eigenvalue weighted by Gasteiger charge is -2.13. The van der Waals surface area contributed by atoms with Crippen LogP contribution in [0.3, 0.4) is 0 Å². The highest BCUT2D eigenvalue weighted by Crippen LogP contribution is 2.29. The number of pyridine rings is 1. The Kier molecular flexibility index (Phi) is 4.19. The van der Waals surface area contributed by atoms with E-state index in [1.165, 1.54) is 12.8 Å². The van der Waals surface area contributed by atoms with E-state index < -0.39 is 0 Å². The van der Waals surface area contributed by atoms with Crippen LogP contribution in [0, 0.1) is 0 Å². The van der Waals surface area contributed by atoms with Crippen molar-refractivity contribution < 1.29 is 4.74 Å². The minimum atomic E-state index is 0.450. The molecule has 2 aromatic rings. The van der Waals surface area contributed by atoms with E-state index in [2.05, 4.69) is 10.3 Å². The first-order valence-electron chi connectivity index (χ1n) is 6.90. The van der Waals surface area contributed by atoms with Crippen molar-refractivity contribution in [1.29, 1.82) is 0 Å². The molecule has 0 amide bonds. The third kappa shape index (κ3) is 3.11. The van der Waals surface area contributed by atoms with Crippen LogP contribution in [0.4, 0.5) is 0 Å². The number of nitrogens with zero attached hydrogens (tertiary/aromatic N) is 1. The van der Waals surface area contributed by atoms with Gasteiger partial charge in [0.15, 0.2) is 0 Å². The Labute approximate surface area is 123 Å². The maximum Gasteiger partial charge on any atom is 0.138 e. The molecule has 1 saturated heterocycles. The second kappa shape index (κ2) is 6.25. The van der Waals surface area contributed by atoms with E-state index in [0.717, 1.165) is 23.4 Å². The molecule has 3 rings (SSSR count). The Morgan fingerprint density at radius 1 is 1.30 bits per heavy atom. The molecule has 1 N–H and O–H groups in total. The van der Waals surface area contributed by atoms with E-state index in [1.54, 1.807) is 6.20 Å². The number of nitrogens with one attached hydrogen (secondary N) is 1. The quantitative estimate of drug-likeness (QED) is 0.874. The molecule has 1 fully saturated rings. The zero-order valence-electron chi connectivity index (χ0n) is 11.2. The Balaban J connectivity index is 1.76. The average molecular weight is 289 g/mol. The number of benzene rings is 1. The van der Waals surface area contributed by atoms with Crippen LogP contribution in [0.2, 0.25) is 5.15 Å². The van der Waals surface area contributed by atoms with Gasteiger partial charge in [-0.15, -0.1) is 0 Å². The van der Waals surface area contributed by atoms with Crippen LogP contribution in [0.5, 0.6) is 5.75 Å². The summed E-state index contributed by atoms with van der Waals surface area (Å²) in [5, 5.41) is 3.92. The molecule has 0 radical (unpaired) electrons. The van der Waals surface area contributed by atoms with Gasteiger partial charge < -0.3 is 10.1 Å². The molecule has 0 spiro atoms. The lowest BCUT2D eigenvalue weighted by Crippen LogP contribution is -2.28. The Bertz CT molecular complexity index is 568. The van der Waals surface area contributed by atoms with Crippen LogP contribution in [0.15, 0.2) is 42.6 Å². The summed E-state index contributed by atoms with van der Waals surface area (Å²) < 4.78 is 5.82. The largest absolute Gasteiger partial charge is 0.490 e. The number of hydrogen-bond donors (Lipinski definition) is 1. The molecule has 104 valence electrons. The number of halogens is 1. The van der Waals surface area contributed by atoms with Crippen molar-refractivity contribution in [2.75, 3.05) is 13.2 Å². The summed E-state index contributed by atoms with van der Waals surface area (Å²) in [6, 6.07) is 12.4. The van der Waals surface area contributed by atoms with Crippen LogP contribution < -0.4 is 10.1 Å². The monoisotopic (exact) mass is 288 g/mol. The highest BCUT2D eigenvalue weighted by molar-refractivity contribution is 6.32. The SMILES string of the molecule is Clc1ncc(OC[C@@H]2CCCN2)cc1-c1ccccc1.